The molecule has 3 aromatic heterocycles. The van der Waals surface area contributed by atoms with E-state index in [2.05, 4.69) is 22.3 Å². The summed E-state index contributed by atoms with van der Waals surface area (Å²) in [5.74, 6) is 0.889. The number of carbonyl (C=O) groups is 1. The summed E-state index contributed by atoms with van der Waals surface area (Å²) in [4.78, 5) is 17.7. The number of nitrogen functional groups attached to an aromatic ring is 1. The Kier molecular flexibility index (Phi) is 4.57. The number of thiophene rings is 1. The normalized spacial score (nSPS) is 11.0. The molecular weight excluding hydrogens is 310 g/mol. The number of amides is 1. The molecule has 0 aliphatic carbocycles. The van der Waals surface area contributed by atoms with Crippen LogP contribution in [0.3, 0.4) is 0 Å². The van der Waals surface area contributed by atoms with Crippen molar-refractivity contribution < 1.29 is 4.79 Å². The summed E-state index contributed by atoms with van der Waals surface area (Å²) >= 11 is 1.56. The first kappa shape index (κ1) is 15.5. The van der Waals surface area contributed by atoms with Crippen molar-refractivity contribution >= 4 is 28.7 Å². The average Bonchev–Trinajstić information content (AvgIpc) is 3.19. The van der Waals surface area contributed by atoms with Gasteiger partial charge >= 0.3 is 0 Å². The second-order valence-corrected chi connectivity index (χ2v) is 6.26. The van der Waals surface area contributed by atoms with Crippen molar-refractivity contribution in [3.8, 4) is 10.7 Å². The van der Waals surface area contributed by atoms with E-state index in [1.165, 1.54) is 0 Å². The van der Waals surface area contributed by atoms with Crippen LogP contribution in [-0.2, 0) is 0 Å². The second-order valence-electron chi connectivity index (χ2n) is 5.31. The summed E-state index contributed by atoms with van der Waals surface area (Å²) in [6, 6.07) is 7.26. The number of hydrogen-bond acceptors (Lipinski definition) is 5. The zero-order chi connectivity index (χ0) is 16.2. The minimum Gasteiger partial charge on any atom is -0.384 e. The van der Waals surface area contributed by atoms with Crippen LogP contribution < -0.4 is 11.1 Å². The van der Waals surface area contributed by atoms with Gasteiger partial charge in [-0.1, -0.05) is 25.8 Å². The fourth-order valence-electron chi connectivity index (χ4n) is 2.33. The third kappa shape index (κ3) is 3.34. The van der Waals surface area contributed by atoms with Crippen LogP contribution in [0.1, 0.15) is 36.5 Å². The summed E-state index contributed by atoms with van der Waals surface area (Å²) in [6.07, 6.45) is 3.21. The summed E-state index contributed by atoms with van der Waals surface area (Å²) in [6.45, 7) is 2.80. The highest BCUT2D eigenvalue weighted by Crippen LogP contribution is 2.23. The average molecular weight is 329 g/mol. The van der Waals surface area contributed by atoms with Gasteiger partial charge in [-0.2, -0.15) is 4.52 Å². The lowest BCUT2D eigenvalue weighted by Crippen LogP contribution is -2.24. The number of anilines is 1. The predicted octanol–water partition coefficient (Wildman–Crippen LogP) is 2.96. The number of rotatable bonds is 6. The first-order valence-electron chi connectivity index (χ1n) is 7.67. The first-order valence-corrected chi connectivity index (χ1v) is 8.55. The zero-order valence-electron chi connectivity index (χ0n) is 13.0. The third-order valence-corrected chi connectivity index (χ3v) is 4.40. The van der Waals surface area contributed by atoms with E-state index in [0.29, 0.717) is 29.4 Å². The molecule has 0 unspecified atom stereocenters. The Morgan fingerprint density at radius 2 is 2.26 bits per heavy atom. The SMILES string of the molecule is CCCCCNC(=O)c1cc(N)n2nc(-c3cccs3)nc2c1. The Morgan fingerprint density at radius 3 is 3.00 bits per heavy atom. The quantitative estimate of drug-likeness (QED) is 0.681. The van der Waals surface area contributed by atoms with Crippen LogP contribution in [0.2, 0.25) is 0 Å². The molecule has 120 valence electrons. The predicted molar refractivity (Wildman–Crippen MR) is 92.6 cm³/mol. The van der Waals surface area contributed by atoms with Crippen molar-refractivity contribution in [2.45, 2.75) is 26.2 Å². The first-order chi connectivity index (χ1) is 11.2. The number of nitrogens with one attached hydrogen (secondary N) is 1. The monoisotopic (exact) mass is 329 g/mol. The van der Waals surface area contributed by atoms with Gasteiger partial charge < -0.3 is 11.1 Å². The molecule has 1 amide bonds. The van der Waals surface area contributed by atoms with E-state index in [1.807, 2.05) is 17.5 Å². The van der Waals surface area contributed by atoms with Gasteiger partial charge in [0, 0.05) is 12.1 Å². The van der Waals surface area contributed by atoms with Crippen molar-refractivity contribution in [2.75, 3.05) is 12.3 Å². The molecule has 0 atom stereocenters. The van der Waals surface area contributed by atoms with Crippen molar-refractivity contribution in [3.05, 3.63) is 35.2 Å². The van der Waals surface area contributed by atoms with Crippen molar-refractivity contribution in [3.63, 3.8) is 0 Å². The molecule has 3 aromatic rings. The van der Waals surface area contributed by atoms with Crippen LogP contribution in [-0.4, -0.2) is 27.0 Å². The van der Waals surface area contributed by atoms with Crippen molar-refractivity contribution in [2.24, 2.45) is 0 Å². The molecular formula is C16H19N5OS. The van der Waals surface area contributed by atoms with Gasteiger partial charge in [-0.3, -0.25) is 4.79 Å². The van der Waals surface area contributed by atoms with Gasteiger partial charge in [0.1, 0.15) is 5.82 Å². The maximum absolute atomic E-state index is 12.2. The van der Waals surface area contributed by atoms with Crippen LogP contribution in [0.5, 0.6) is 0 Å². The van der Waals surface area contributed by atoms with Gasteiger partial charge in [0.05, 0.1) is 4.88 Å². The molecule has 0 spiro atoms. The molecule has 0 aliphatic heterocycles. The Hall–Kier alpha value is -2.41. The van der Waals surface area contributed by atoms with Gasteiger partial charge in [0.25, 0.3) is 5.91 Å². The molecule has 23 heavy (non-hydrogen) atoms. The maximum atomic E-state index is 12.2. The number of carbonyl (C=O) groups excluding carboxylic acids is 1. The van der Waals surface area contributed by atoms with Gasteiger partial charge in [-0.25, -0.2) is 4.98 Å². The molecule has 0 bridgehead atoms. The molecule has 0 saturated heterocycles. The molecule has 3 heterocycles. The third-order valence-electron chi connectivity index (χ3n) is 3.53. The van der Waals surface area contributed by atoms with Crippen LogP contribution in [0.15, 0.2) is 29.6 Å². The van der Waals surface area contributed by atoms with Crippen molar-refractivity contribution in [1.29, 1.82) is 0 Å². The van der Waals surface area contributed by atoms with E-state index >= 15 is 0 Å². The number of fused-ring (bicyclic) bond motifs is 1. The Bertz CT molecular complexity index is 809. The second kappa shape index (κ2) is 6.78. The van der Waals surface area contributed by atoms with Crippen LogP contribution in [0.4, 0.5) is 5.82 Å². The number of nitrogens with zero attached hydrogens (tertiary/aromatic N) is 3. The highest BCUT2D eigenvalue weighted by Gasteiger charge is 2.13. The van der Waals surface area contributed by atoms with Gasteiger partial charge in [0.2, 0.25) is 0 Å². The molecule has 0 saturated carbocycles. The Labute approximate surface area is 138 Å². The van der Waals surface area contributed by atoms with E-state index in [4.69, 9.17) is 5.73 Å². The zero-order valence-corrected chi connectivity index (χ0v) is 13.8. The van der Waals surface area contributed by atoms with E-state index in [1.54, 1.807) is 28.0 Å². The van der Waals surface area contributed by atoms with Crippen LogP contribution in [0, 0.1) is 0 Å². The minimum atomic E-state index is -0.129. The number of nitrogens with two attached hydrogens (primary N) is 1. The highest BCUT2D eigenvalue weighted by atomic mass is 32.1. The lowest BCUT2D eigenvalue weighted by Gasteiger charge is -2.06. The van der Waals surface area contributed by atoms with Crippen LogP contribution >= 0.6 is 11.3 Å². The van der Waals surface area contributed by atoms with Crippen molar-refractivity contribution in [1.82, 2.24) is 19.9 Å². The fraction of sp³-hybridized carbons (Fsp3) is 0.312. The summed E-state index contributed by atoms with van der Waals surface area (Å²) in [5.41, 5.74) is 7.11. The number of hydrogen-bond donors (Lipinski definition) is 2. The molecule has 0 fully saturated rings. The van der Waals surface area contributed by atoms with E-state index in [9.17, 15) is 4.79 Å². The molecule has 3 N–H and O–H groups in total. The number of pyridine rings is 1. The van der Waals surface area contributed by atoms with Gasteiger partial charge in [-0.15, -0.1) is 16.4 Å². The van der Waals surface area contributed by atoms with E-state index in [0.717, 1.165) is 24.1 Å². The lowest BCUT2D eigenvalue weighted by atomic mass is 10.2. The molecule has 6 nitrogen and oxygen atoms in total. The maximum Gasteiger partial charge on any atom is 0.251 e. The van der Waals surface area contributed by atoms with Gasteiger partial charge in [-0.05, 0) is 30.0 Å². The lowest BCUT2D eigenvalue weighted by molar-refractivity contribution is 0.0953. The van der Waals surface area contributed by atoms with Crippen LogP contribution in [0.25, 0.3) is 16.3 Å². The molecule has 3 rings (SSSR count). The summed E-state index contributed by atoms with van der Waals surface area (Å²) < 4.78 is 1.56. The molecule has 0 radical (unpaired) electrons. The largest absolute Gasteiger partial charge is 0.384 e. The molecule has 0 aromatic carbocycles. The molecule has 0 aliphatic rings. The number of aromatic nitrogens is 3. The Balaban J connectivity index is 1.84. The smallest absolute Gasteiger partial charge is 0.251 e. The van der Waals surface area contributed by atoms with E-state index < -0.39 is 0 Å². The van der Waals surface area contributed by atoms with Gasteiger partial charge in [0.15, 0.2) is 11.5 Å². The fourth-order valence-corrected chi connectivity index (χ4v) is 2.98. The standard InChI is InChI=1S/C16H19N5OS/c1-2-3-4-7-18-16(22)11-9-13(17)21-14(10-11)19-15(20-21)12-6-5-8-23-12/h5-6,8-10H,2-4,7,17H2,1H3,(H,18,22). The highest BCUT2D eigenvalue weighted by molar-refractivity contribution is 7.13. The summed E-state index contributed by atoms with van der Waals surface area (Å²) in [7, 11) is 0. The number of unbranched alkanes of at least 4 members (excludes halogenated alkanes) is 2. The topological polar surface area (TPSA) is 85.3 Å². The van der Waals surface area contributed by atoms with E-state index in [-0.39, 0.29) is 5.91 Å². The Morgan fingerprint density at radius 1 is 1.39 bits per heavy atom. The minimum absolute atomic E-state index is 0.129. The summed E-state index contributed by atoms with van der Waals surface area (Å²) in [5, 5.41) is 9.28. The molecule has 7 heteroatoms.